The Morgan fingerprint density at radius 3 is 1.15 bits per heavy atom. The minimum Gasteiger partial charge on any atom is -0.506 e. The van der Waals surface area contributed by atoms with E-state index >= 15 is 0 Å². The van der Waals surface area contributed by atoms with Gasteiger partial charge in [0, 0.05) is 11.1 Å². The third-order valence-electron chi connectivity index (χ3n) is 2.56. The van der Waals surface area contributed by atoms with Gasteiger partial charge in [0.15, 0.2) is 0 Å². The van der Waals surface area contributed by atoms with Gasteiger partial charge in [0.25, 0.3) is 0 Å². The molecule has 0 atom stereocenters. The van der Waals surface area contributed by atoms with Crippen LogP contribution in [0.4, 0.5) is 0 Å². The summed E-state index contributed by atoms with van der Waals surface area (Å²) in [5.41, 5.74) is 0.254. The van der Waals surface area contributed by atoms with E-state index in [9.17, 15) is 10.2 Å². The molecular formula is C12H4Cl6O2. The van der Waals surface area contributed by atoms with Gasteiger partial charge in [0.1, 0.15) is 21.5 Å². The van der Waals surface area contributed by atoms with Crippen LogP contribution in [0.25, 0.3) is 11.1 Å². The largest absolute Gasteiger partial charge is 0.506 e. The molecule has 2 aromatic rings. The van der Waals surface area contributed by atoms with Crippen LogP contribution < -0.4 is 0 Å². The highest BCUT2D eigenvalue weighted by Gasteiger charge is 2.21. The molecular weight excluding hydrogens is 389 g/mol. The fraction of sp³-hybridized carbons (Fsp3) is 0. The summed E-state index contributed by atoms with van der Waals surface area (Å²) in [5, 5.41) is 20.0. The SMILES string of the molecule is Oc1c(-c2cc(Cl)c(Cl)c(Cl)c2O)cc(Cl)c(Cl)c1Cl. The van der Waals surface area contributed by atoms with Gasteiger partial charge in [-0.2, -0.15) is 0 Å². The highest BCUT2D eigenvalue weighted by molar-refractivity contribution is 6.50. The molecule has 0 saturated carbocycles. The van der Waals surface area contributed by atoms with Gasteiger partial charge in [-0.05, 0) is 12.1 Å². The van der Waals surface area contributed by atoms with Gasteiger partial charge in [-0.1, -0.05) is 69.6 Å². The van der Waals surface area contributed by atoms with E-state index < -0.39 is 0 Å². The summed E-state index contributed by atoms with van der Waals surface area (Å²) in [4.78, 5) is 0. The Morgan fingerprint density at radius 1 is 0.550 bits per heavy atom. The van der Waals surface area contributed by atoms with Crippen LogP contribution in [0.15, 0.2) is 12.1 Å². The Hall–Kier alpha value is -0.220. The van der Waals surface area contributed by atoms with E-state index in [4.69, 9.17) is 69.6 Å². The topological polar surface area (TPSA) is 40.5 Å². The lowest BCUT2D eigenvalue weighted by Crippen LogP contribution is -1.86. The number of hydrogen-bond donors (Lipinski definition) is 2. The van der Waals surface area contributed by atoms with Gasteiger partial charge in [0.2, 0.25) is 0 Å². The van der Waals surface area contributed by atoms with Crippen molar-refractivity contribution in [3.63, 3.8) is 0 Å². The van der Waals surface area contributed by atoms with E-state index in [1.54, 1.807) is 0 Å². The smallest absolute Gasteiger partial charge is 0.143 e. The summed E-state index contributed by atoms with van der Waals surface area (Å²) in [6, 6.07) is 2.67. The Balaban J connectivity index is 2.83. The molecule has 0 unspecified atom stereocenters. The third-order valence-corrected chi connectivity index (χ3v) is 5.07. The third kappa shape index (κ3) is 2.61. The highest BCUT2D eigenvalue weighted by Crippen LogP contribution is 2.49. The normalized spacial score (nSPS) is 10.9. The maximum atomic E-state index is 10.0. The van der Waals surface area contributed by atoms with E-state index in [0.29, 0.717) is 0 Å². The van der Waals surface area contributed by atoms with Crippen LogP contribution in [0, 0.1) is 0 Å². The second-order valence-corrected chi connectivity index (χ2v) is 6.09. The Kier molecular flexibility index (Phi) is 4.75. The van der Waals surface area contributed by atoms with Crippen LogP contribution in [0.5, 0.6) is 11.5 Å². The predicted molar refractivity (Wildman–Crippen MR) is 85.3 cm³/mol. The highest BCUT2D eigenvalue weighted by atomic mass is 35.5. The van der Waals surface area contributed by atoms with Crippen molar-refractivity contribution in [2.24, 2.45) is 0 Å². The second-order valence-electron chi connectivity index (χ2n) is 3.77. The molecule has 2 nitrogen and oxygen atoms in total. The van der Waals surface area contributed by atoms with Crippen LogP contribution in [0.3, 0.4) is 0 Å². The monoisotopic (exact) mass is 390 g/mol. The number of benzene rings is 2. The van der Waals surface area contributed by atoms with Gasteiger partial charge in [-0.25, -0.2) is 0 Å². The van der Waals surface area contributed by atoms with E-state index in [-0.39, 0.29) is 52.8 Å². The van der Waals surface area contributed by atoms with Crippen molar-refractivity contribution >= 4 is 69.6 Å². The van der Waals surface area contributed by atoms with E-state index in [2.05, 4.69) is 0 Å². The van der Waals surface area contributed by atoms with Crippen molar-refractivity contribution in [2.75, 3.05) is 0 Å². The standard InChI is InChI=1S/C12H4Cl6O2/c13-5-1-3(11(19)9(17)7(5)15)4-2-6(14)8(16)10(18)12(4)20/h1-2,19-20H. The lowest BCUT2D eigenvalue weighted by molar-refractivity contribution is 0.469. The molecule has 0 fully saturated rings. The Labute approximate surface area is 144 Å². The molecule has 0 heterocycles. The lowest BCUT2D eigenvalue weighted by Gasteiger charge is -2.13. The first kappa shape index (κ1) is 16.2. The van der Waals surface area contributed by atoms with Crippen LogP contribution in [-0.2, 0) is 0 Å². The number of hydrogen-bond acceptors (Lipinski definition) is 2. The van der Waals surface area contributed by atoms with Crippen LogP contribution >= 0.6 is 69.6 Å². The van der Waals surface area contributed by atoms with Crippen LogP contribution in [-0.4, -0.2) is 10.2 Å². The van der Waals surface area contributed by atoms with Crippen LogP contribution in [0.2, 0.25) is 30.1 Å². The van der Waals surface area contributed by atoms with Gasteiger partial charge in [0.05, 0.1) is 20.1 Å². The molecule has 0 spiro atoms. The zero-order valence-corrected chi connectivity index (χ0v) is 13.9. The van der Waals surface area contributed by atoms with Gasteiger partial charge in [-0.3, -0.25) is 0 Å². The maximum Gasteiger partial charge on any atom is 0.143 e. The Morgan fingerprint density at radius 2 is 0.850 bits per heavy atom. The first-order valence-electron chi connectivity index (χ1n) is 4.99. The second kappa shape index (κ2) is 5.88. The summed E-state index contributed by atoms with van der Waals surface area (Å²) in [5.74, 6) is -0.711. The molecule has 0 saturated heterocycles. The number of rotatable bonds is 1. The van der Waals surface area contributed by atoms with Crippen molar-refractivity contribution < 1.29 is 10.2 Å². The summed E-state index contributed by atoms with van der Waals surface area (Å²) in [7, 11) is 0. The van der Waals surface area contributed by atoms with Gasteiger partial charge in [-0.15, -0.1) is 0 Å². The molecule has 2 rings (SSSR count). The zero-order valence-electron chi connectivity index (χ0n) is 9.32. The number of phenolic OH excluding ortho intramolecular Hbond substituents is 2. The summed E-state index contributed by atoms with van der Waals surface area (Å²) in [6.07, 6.45) is 0. The molecule has 2 N–H and O–H groups in total. The summed E-state index contributed by atoms with van der Waals surface area (Å²) in [6.45, 7) is 0. The molecule has 0 radical (unpaired) electrons. The molecule has 0 aromatic heterocycles. The van der Waals surface area contributed by atoms with Crippen molar-refractivity contribution in [1.29, 1.82) is 0 Å². The van der Waals surface area contributed by atoms with E-state index in [1.807, 2.05) is 0 Å². The molecule has 0 bridgehead atoms. The van der Waals surface area contributed by atoms with Gasteiger partial charge < -0.3 is 10.2 Å². The lowest BCUT2D eigenvalue weighted by atomic mass is 10.0. The molecule has 0 aliphatic rings. The minimum atomic E-state index is -0.356. The molecule has 106 valence electrons. The van der Waals surface area contributed by atoms with Crippen molar-refractivity contribution in [2.45, 2.75) is 0 Å². The molecule has 8 heteroatoms. The quantitative estimate of drug-likeness (QED) is 0.531. The average molecular weight is 393 g/mol. The molecule has 0 amide bonds. The van der Waals surface area contributed by atoms with E-state index in [0.717, 1.165) is 0 Å². The zero-order chi connectivity index (χ0) is 15.2. The number of phenols is 2. The first-order valence-corrected chi connectivity index (χ1v) is 7.25. The van der Waals surface area contributed by atoms with Crippen LogP contribution in [0.1, 0.15) is 0 Å². The van der Waals surface area contributed by atoms with Crippen molar-refractivity contribution in [3.8, 4) is 22.6 Å². The molecule has 20 heavy (non-hydrogen) atoms. The fourth-order valence-corrected chi connectivity index (χ4v) is 2.78. The first-order chi connectivity index (χ1) is 9.25. The Bertz CT molecular complexity index is 653. The maximum absolute atomic E-state index is 10.0. The minimum absolute atomic E-state index is 0.000213. The molecule has 0 aliphatic carbocycles. The van der Waals surface area contributed by atoms with Crippen molar-refractivity contribution in [1.82, 2.24) is 0 Å². The van der Waals surface area contributed by atoms with Gasteiger partial charge >= 0.3 is 0 Å². The van der Waals surface area contributed by atoms with Crippen molar-refractivity contribution in [3.05, 3.63) is 42.3 Å². The molecule has 2 aromatic carbocycles. The van der Waals surface area contributed by atoms with E-state index in [1.165, 1.54) is 12.1 Å². The number of halogens is 6. The predicted octanol–water partition coefficient (Wildman–Crippen LogP) is 6.69. The average Bonchev–Trinajstić information content (AvgIpc) is 2.42. The summed E-state index contributed by atoms with van der Waals surface area (Å²) < 4.78 is 0. The summed E-state index contributed by atoms with van der Waals surface area (Å²) >= 11 is 35.1. The number of aromatic hydroxyl groups is 2. The molecule has 0 aliphatic heterocycles. The fourth-order valence-electron chi connectivity index (χ4n) is 1.58.